The first kappa shape index (κ1) is 20.8. The van der Waals surface area contributed by atoms with E-state index < -0.39 is 0 Å². The van der Waals surface area contributed by atoms with Gasteiger partial charge in [-0.2, -0.15) is 0 Å². The number of ether oxygens (including phenoxy) is 1. The Kier molecular flexibility index (Phi) is 5.86. The quantitative estimate of drug-likeness (QED) is 0.494. The molecule has 0 aliphatic carbocycles. The number of nitrogens with one attached hydrogen (secondary N) is 1. The molecule has 0 spiro atoms. The number of hydrogen-bond acceptors (Lipinski definition) is 5. The summed E-state index contributed by atoms with van der Waals surface area (Å²) in [6.45, 7) is 4.33. The lowest BCUT2D eigenvalue weighted by Crippen LogP contribution is -2.29. The zero-order chi connectivity index (χ0) is 22.0. The molecule has 2 aromatic heterocycles. The second kappa shape index (κ2) is 8.73. The van der Waals surface area contributed by atoms with Crippen molar-refractivity contribution in [3.8, 4) is 5.75 Å². The van der Waals surface area contributed by atoms with Crippen LogP contribution in [-0.2, 0) is 7.05 Å². The third-order valence-electron chi connectivity index (χ3n) is 5.15. The highest BCUT2D eigenvalue weighted by Gasteiger charge is 2.23. The summed E-state index contributed by atoms with van der Waals surface area (Å²) in [5, 5.41) is 3.64. The highest BCUT2D eigenvalue weighted by atomic mass is 32.1. The lowest BCUT2D eigenvalue weighted by atomic mass is 9.98. The zero-order valence-corrected chi connectivity index (χ0v) is 18.4. The maximum absolute atomic E-state index is 13.3. The van der Waals surface area contributed by atoms with Crippen molar-refractivity contribution >= 4 is 27.5 Å². The van der Waals surface area contributed by atoms with Crippen LogP contribution < -0.4 is 15.6 Å². The van der Waals surface area contributed by atoms with E-state index in [2.05, 4.69) is 10.3 Å². The van der Waals surface area contributed by atoms with E-state index in [4.69, 9.17) is 4.74 Å². The summed E-state index contributed by atoms with van der Waals surface area (Å²) in [4.78, 5) is 31.2. The number of amides is 1. The molecule has 4 aromatic rings. The second-order valence-electron chi connectivity index (χ2n) is 7.22. The Bertz CT molecular complexity index is 1280. The molecular formula is C24H23N3O3S. The van der Waals surface area contributed by atoms with Crippen LogP contribution in [0.3, 0.4) is 0 Å². The third kappa shape index (κ3) is 4.09. The summed E-state index contributed by atoms with van der Waals surface area (Å²) in [7, 11) is 1.66. The first-order chi connectivity index (χ1) is 15.0. The smallest absolute Gasteiger partial charge is 0.262 e. The fourth-order valence-electron chi connectivity index (χ4n) is 3.55. The molecule has 0 aliphatic rings. The Morgan fingerprint density at radius 1 is 1.13 bits per heavy atom. The lowest BCUT2D eigenvalue weighted by molar-refractivity contribution is 0.0946. The number of aromatic nitrogens is 2. The van der Waals surface area contributed by atoms with Crippen LogP contribution in [0.4, 0.5) is 0 Å². The predicted molar refractivity (Wildman–Crippen MR) is 123 cm³/mol. The van der Waals surface area contributed by atoms with E-state index in [9.17, 15) is 9.59 Å². The molecule has 4 rings (SSSR count). The van der Waals surface area contributed by atoms with Gasteiger partial charge in [0.15, 0.2) is 0 Å². The number of carbonyl (C=O) groups is 1. The van der Waals surface area contributed by atoms with E-state index in [1.807, 2.05) is 61.5 Å². The fraction of sp³-hybridized carbons (Fsp3) is 0.208. The largest absolute Gasteiger partial charge is 0.494 e. The molecule has 0 bridgehead atoms. The van der Waals surface area contributed by atoms with Crippen LogP contribution in [0.5, 0.6) is 5.75 Å². The van der Waals surface area contributed by atoms with Crippen LogP contribution in [0, 0.1) is 6.92 Å². The van der Waals surface area contributed by atoms with Crippen LogP contribution in [0.2, 0.25) is 0 Å². The van der Waals surface area contributed by atoms with Gasteiger partial charge in [0, 0.05) is 7.05 Å². The van der Waals surface area contributed by atoms with Crippen LogP contribution in [0.25, 0.3) is 10.2 Å². The Labute approximate surface area is 184 Å². The number of benzene rings is 2. The molecule has 2 aromatic carbocycles. The van der Waals surface area contributed by atoms with Crippen LogP contribution >= 0.6 is 11.3 Å². The topological polar surface area (TPSA) is 73.2 Å². The van der Waals surface area contributed by atoms with Gasteiger partial charge < -0.3 is 14.6 Å². The summed E-state index contributed by atoms with van der Waals surface area (Å²) >= 11 is 1.24. The Balaban J connectivity index is 1.71. The minimum atomic E-state index is -0.343. The normalized spacial score (nSPS) is 12.0. The van der Waals surface area contributed by atoms with Gasteiger partial charge >= 0.3 is 0 Å². The fourth-order valence-corrected chi connectivity index (χ4v) is 4.59. The number of nitrogens with zero attached hydrogens (tertiary/aromatic N) is 2. The molecule has 2 heterocycles. The van der Waals surface area contributed by atoms with Crippen molar-refractivity contribution in [3.63, 3.8) is 0 Å². The van der Waals surface area contributed by atoms with Gasteiger partial charge in [0.25, 0.3) is 11.5 Å². The van der Waals surface area contributed by atoms with E-state index in [0.29, 0.717) is 27.3 Å². The minimum absolute atomic E-state index is 0.149. The van der Waals surface area contributed by atoms with Gasteiger partial charge in [0.05, 0.1) is 29.2 Å². The summed E-state index contributed by atoms with van der Waals surface area (Å²) in [6, 6.07) is 17.2. The first-order valence-electron chi connectivity index (χ1n) is 10.0. The van der Waals surface area contributed by atoms with Crippen molar-refractivity contribution in [2.24, 2.45) is 7.05 Å². The average molecular weight is 434 g/mol. The van der Waals surface area contributed by atoms with Gasteiger partial charge in [-0.15, -0.1) is 11.3 Å². The number of thiophene rings is 1. The second-order valence-corrected chi connectivity index (χ2v) is 8.22. The molecule has 7 heteroatoms. The molecule has 0 aliphatic heterocycles. The van der Waals surface area contributed by atoms with Crippen molar-refractivity contribution in [1.82, 2.24) is 14.9 Å². The molecule has 0 radical (unpaired) electrons. The van der Waals surface area contributed by atoms with Gasteiger partial charge in [-0.3, -0.25) is 9.59 Å². The average Bonchev–Trinajstić information content (AvgIpc) is 3.13. The summed E-state index contributed by atoms with van der Waals surface area (Å²) in [5.74, 6) is 0.553. The van der Waals surface area contributed by atoms with E-state index in [-0.39, 0.29) is 17.5 Å². The molecule has 1 atom stereocenters. The maximum Gasteiger partial charge on any atom is 0.262 e. The standard InChI is InChI=1S/C24H23N3O3S/c1-4-30-18-12-10-17(11-13-18)20(16-8-6-5-7-9-16)26-22(28)21-15(2)19-23(31-21)25-14-27(3)24(19)29/h5-14,20H,4H2,1-3H3,(H,26,28). The number of carbonyl (C=O) groups excluding carboxylic acids is 1. The first-order valence-corrected chi connectivity index (χ1v) is 10.8. The Hall–Kier alpha value is -3.45. The minimum Gasteiger partial charge on any atom is -0.494 e. The van der Waals surface area contributed by atoms with E-state index in [0.717, 1.165) is 16.9 Å². The number of hydrogen-bond donors (Lipinski definition) is 1. The molecule has 0 saturated heterocycles. The van der Waals surface area contributed by atoms with Gasteiger partial charge in [0.1, 0.15) is 10.6 Å². The highest BCUT2D eigenvalue weighted by Crippen LogP contribution is 2.29. The van der Waals surface area contributed by atoms with Gasteiger partial charge in [-0.1, -0.05) is 42.5 Å². The molecule has 1 N–H and O–H groups in total. The third-order valence-corrected chi connectivity index (χ3v) is 6.35. The van der Waals surface area contributed by atoms with Gasteiger partial charge in [-0.05, 0) is 42.7 Å². The summed E-state index contributed by atoms with van der Waals surface area (Å²) in [5.41, 5.74) is 2.41. The van der Waals surface area contributed by atoms with Crippen molar-refractivity contribution in [1.29, 1.82) is 0 Å². The molecule has 158 valence electrons. The molecule has 0 saturated carbocycles. The Morgan fingerprint density at radius 3 is 2.48 bits per heavy atom. The summed E-state index contributed by atoms with van der Waals surface area (Å²) < 4.78 is 6.97. The number of aryl methyl sites for hydroxylation is 2. The van der Waals surface area contributed by atoms with Crippen molar-refractivity contribution in [2.45, 2.75) is 19.9 Å². The molecule has 31 heavy (non-hydrogen) atoms. The monoisotopic (exact) mass is 433 g/mol. The SMILES string of the molecule is CCOc1ccc(C(NC(=O)c2sc3ncn(C)c(=O)c3c2C)c2ccccc2)cc1. The lowest BCUT2D eigenvalue weighted by Gasteiger charge is -2.20. The number of fused-ring (bicyclic) bond motifs is 1. The molecule has 1 unspecified atom stereocenters. The van der Waals surface area contributed by atoms with Crippen LogP contribution in [-0.4, -0.2) is 22.1 Å². The maximum atomic E-state index is 13.3. The van der Waals surface area contributed by atoms with Crippen molar-refractivity contribution < 1.29 is 9.53 Å². The molecule has 1 amide bonds. The van der Waals surface area contributed by atoms with Crippen LogP contribution in [0.15, 0.2) is 65.7 Å². The highest BCUT2D eigenvalue weighted by molar-refractivity contribution is 7.20. The summed E-state index contributed by atoms with van der Waals surface area (Å²) in [6.07, 6.45) is 1.48. The van der Waals surface area contributed by atoms with E-state index >= 15 is 0 Å². The van der Waals surface area contributed by atoms with Gasteiger partial charge in [-0.25, -0.2) is 4.98 Å². The predicted octanol–water partition coefficient (Wildman–Crippen LogP) is 4.22. The molecular weight excluding hydrogens is 410 g/mol. The van der Waals surface area contributed by atoms with E-state index in [1.165, 1.54) is 22.2 Å². The zero-order valence-electron chi connectivity index (χ0n) is 17.6. The van der Waals surface area contributed by atoms with Crippen molar-refractivity contribution in [2.75, 3.05) is 6.61 Å². The van der Waals surface area contributed by atoms with E-state index in [1.54, 1.807) is 14.0 Å². The number of rotatable bonds is 6. The molecule has 6 nitrogen and oxygen atoms in total. The van der Waals surface area contributed by atoms with Crippen LogP contribution in [0.1, 0.15) is 39.3 Å². The van der Waals surface area contributed by atoms with Crippen molar-refractivity contribution in [3.05, 3.63) is 92.8 Å². The Morgan fingerprint density at radius 2 is 1.81 bits per heavy atom. The van der Waals surface area contributed by atoms with Gasteiger partial charge in [0.2, 0.25) is 0 Å². The molecule has 0 fully saturated rings.